The lowest BCUT2D eigenvalue weighted by atomic mass is 10.3. The first kappa shape index (κ1) is 24.6. The number of anilines is 1. The van der Waals surface area contributed by atoms with Crippen LogP contribution >= 0.6 is 34.7 Å². The Morgan fingerprint density at radius 2 is 1.84 bits per heavy atom. The minimum atomic E-state index is 0.0660. The molecule has 0 aliphatic carbocycles. The molecular weight excluding hydrogens is 466 g/mol. The van der Waals surface area contributed by atoms with Crippen molar-refractivity contribution in [2.45, 2.75) is 17.7 Å². The Labute approximate surface area is 202 Å². The van der Waals surface area contributed by atoms with Gasteiger partial charge in [0.15, 0.2) is 5.13 Å². The van der Waals surface area contributed by atoms with Crippen LogP contribution in [-0.2, 0) is 4.79 Å². The number of hydrogen-bond donors (Lipinski definition) is 0. The third kappa shape index (κ3) is 6.28. The number of rotatable bonds is 11. The van der Waals surface area contributed by atoms with Crippen LogP contribution in [0.25, 0.3) is 10.2 Å². The minimum Gasteiger partial charge on any atom is -0.497 e. The number of carbonyl (C=O) groups excluding carboxylic acids is 1. The number of thioether (sulfide) groups is 1. The highest BCUT2D eigenvalue weighted by Gasteiger charge is 2.21. The van der Waals surface area contributed by atoms with Gasteiger partial charge in [0.1, 0.15) is 17.0 Å². The largest absolute Gasteiger partial charge is 0.497 e. The molecule has 0 aliphatic heterocycles. The minimum absolute atomic E-state index is 0.0660. The van der Waals surface area contributed by atoms with E-state index in [1.54, 1.807) is 43.0 Å². The number of likely N-dealkylation sites (N-methyl/N-ethyl adjacent to an activating group) is 1. The first-order chi connectivity index (χ1) is 15.4. The van der Waals surface area contributed by atoms with E-state index in [2.05, 4.69) is 4.90 Å². The maximum Gasteiger partial charge on any atom is 0.228 e. The Balaban J connectivity index is 1.68. The zero-order valence-electron chi connectivity index (χ0n) is 18.8. The summed E-state index contributed by atoms with van der Waals surface area (Å²) in [5.74, 6) is 2.42. The van der Waals surface area contributed by atoms with Gasteiger partial charge in [0.05, 0.1) is 23.9 Å². The number of nitrogens with zero attached hydrogens (tertiary/aromatic N) is 3. The summed E-state index contributed by atoms with van der Waals surface area (Å²) >= 11 is 9.55. The molecule has 0 radical (unpaired) electrons. The molecule has 32 heavy (non-hydrogen) atoms. The van der Waals surface area contributed by atoms with Gasteiger partial charge in [0, 0.05) is 24.4 Å². The third-order valence-corrected chi connectivity index (χ3v) is 7.47. The van der Waals surface area contributed by atoms with Gasteiger partial charge in [-0.1, -0.05) is 22.9 Å². The van der Waals surface area contributed by atoms with Gasteiger partial charge in [0.25, 0.3) is 0 Å². The topological polar surface area (TPSA) is 54.9 Å². The lowest BCUT2D eigenvalue weighted by Gasteiger charge is -2.22. The highest BCUT2D eigenvalue weighted by Crippen LogP contribution is 2.39. The molecule has 0 atom stereocenters. The molecule has 0 N–H and O–H groups in total. The summed E-state index contributed by atoms with van der Waals surface area (Å²) in [7, 11) is 7.25. The molecule has 1 amide bonds. The van der Waals surface area contributed by atoms with E-state index in [4.69, 9.17) is 26.1 Å². The van der Waals surface area contributed by atoms with E-state index in [9.17, 15) is 4.79 Å². The van der Waals surface area contributed by atoms with Gasteiger partial charge in [-0.3, -0.25) is 9.69 Å². The highest BCUT2D eigenvalue weighted by atomic mass is 35.5. The molecule has 0 bridgehead atoms. The Morgan fingerprint density at radius 1 is 1.09 bits per heavy atom. The molecule has 172 valence electrons. The Kier molecular flexibility index (Phi) is 9.04. The lowest BCUT2D eigenvalue weighted by molar-refractivity contribution is -0.118. The van der Waals surface area contributed by atoms with E-state index in [-0.39, 0.29) is 5.91 Å². The van der Waals surface area contributed by atoms with Gasteiger partial charge in [-0.2, -0.15) is 0 Å². The summed E-state index contributed by atoms with van der Waals surface area (Å²) < 4.78 is 11.5. The normalized spacial score (nSPS) is 11.2. The number of thiazole rings is 1. The monoisotopic (exact) mass is 493 g/mol. The Morgan fingerprint density at radius 3 is 2.50 bits per heavy atom. The fraction of sp³-hybridized carbons (Fsp3) is 0.391. The molecule has 1 aromatic heterocycles. The van der Waals surface area contributed by atoms with Crippen molar-refractivity contribution < 1.29 is 14.3 Å². The predicted molar refractivity (Wildman–Crippen MR) is 135 cm³/mol. The number of aromatic nitrogens is 1. The molecule has 2 aromatic carbocycles. The van der Waals surface area contributed by atoms with Crippen LogP contribution in [0, 0.1) is 0 Å². The average Bonchev–Trinajstić information content (AvgIpc) is 3.23. The SMILES string of the molecule is COc1ccc(SCCCC(=O)N(CCN(C)C)c2nc3c(OC)ccc(Cl)c3s2)cc1. The van der Waals surface area contributed by atoms with Crippen molar-refractivity contribution in [2.75, 3.05) is 52.1 Å². The van der Waals surface area contributed by atoms with Gasteiger partial charge < -0.3 is 14.4 Å². The molecule has 3 aromatic rings. The summed E-state index contributed by atoms with van der Waals surface area (Å²) in [6.45, 7) is 1.31. The number of ether oxygens (including phenoxy) is 2. The van der Waals surface area contributed by atoms with Crippen molar-refractivity contribution in [1.82, 2.24) is 9.88 Å². The van der Waals surface area contributed by atoms with Crippen LogP contribution < -0.4 is 14.4 Å². The van der Waals surface area contributed by atoms with Gasteiger partial charge >= 0.3 is 0 Å². The second-order valence-electron chi connectivity index (χ2n) is 7.40. The molecule has 6 nitrogen and oxygen atoms in total. The van der Waals surface area contributed by atoms with Gasteiger partial charge in [-0.15, -0.1) is 11.8 Å². The summed E-state index contributed by atoms with van der Waals surface area (Å²) in [5, 5.41) is 1.27. The zero-order valence-corrected chi connectivity index (χ0v) is 21.1. The Hall–Kier alpha value is -2.00. The van der Waals surface area contributed by atoms with Crippen LogP contribution in [0.15, 0.2) is 41.3 Å². The van der Waals surface area contributed by atoms with E-state index >= 15 is 0 Å². The van der Waals surface area contributed by atoms with E-state index in [1.807, 2.05) is 38.4 Å². The zero-order chi connectivity index (χ0) is 23.1. The molecule has 3 rings (SSSR count). The number of methoxy groups -OCH3 is 2. The fourth-order valence-electron chi connectivity index (χ4n) is 3.07. The second-order valence-corrected chi connectivity index (χ2v) is 9.95. The Bertz CT molecular complexity index is 1040. The van der Waals surface area contributed by atoms with Crippen LogP contribution in [-0.4, -0.2) is 62.9 Å². The summed E-state index contributed by atoms with van der Waals surface area (Å²) in [4.78, 5) is 22.9. The van der Waals surface area contributed by atoms with Crippen LogP contribution in [0.2, 0.25) is 5.02 Å². The molecular formula is C23H28ClN3O3S2. The smallest absolute Gasteiger partial charge is 0.228 e. The highest BCUT2D eigenvalue weighted by molar-refractivity contribution is 7.99. The number of halogens is 1. The molecule has 1 heterocycles. The number of fused-ring (bicyclic) bond motifs is 1. The first-order valence-corrected chi connectivity index (χ1v) is 12.5. The molecule has 0 saturated heterocycles. The van der Waals surface area contributed by atoms with Crippen molar-refractivity contribution >= 4 is 56.0 Å². The summed E-state index contributed by atoms with van der Waals surface area (Å²) in [5.41, 5.74) is 0.692. The van der Waals surface area contributed by atoms with Gasteiger partial charge in [0.2, 0.25) is 5.91 Å². The number of amides is 1. The third-order valence-electron chi connectivity index (χ3n) is 4.83. The van der Waals surface area contributed by atoms with E-state index in [0.29, 0.717) is 34.4 Å². The average molecular weight is 494 g/mol. The van der Waals surface area contributed by atoms with Crippen molar-refractivity contribution in [3.63, 3.8) is 0 Å². The predicted octanol–water partition coefficient (Wildman–Crippen LogP) is 5.43. The molecule has 0 spiro atoms. The van der Waals surface area contributed by atoms with Crippen molar-refractivity contribution in [1.29, 1.82) is 0 Å². The van der Waals surface area contributed by atoms with Crippen molar-refractivity contribution in [3.05, 3.63) is 41.4 Å². The molecule has 0 unspecified atom stereocenters. The van der Waals surface area contributed by atoms with Gasteiger partial charge in [-0.25, -0.2) is 4.98 Å². The van der Waals surface area contributed by atoms with Gasteiger partial charge in [-0.05, 0) is 62.7 Å². The summed E-state index contributed by atoms with van der Waals surface area (Å²) in [6.07, 6.45) is 1.24. The lowest BCUT2D eigenvalue weighted by Crippen LogP contribution is -2.36. The number of benzene rings is 2. The van der Waals surface area contributed by atoms with Crippen LogP contribution in [0.3, 0.4) is 0 Å². The van der Waals surface area contributed by atoms with Crippen molar-refractivity contribution in [2.24, 2.45) is 0 Å². The molecule has 9 heteroatoms. The standard InChI is InChI=1S/C23H28ClN3O3S2/c1-26(2)13-14-27(23-25-21-19(30-4)12-11-18(24)22(21)32-23)20(28)6-5-15-31-17-9-7-16(29-3)8-10-17/h7-12H,5-6,13-15H2,1-4H3. The fourth-order valence-corrected chi connectivity index (χ4v) is 5.22. The summed E-state index contributed by atoms with van der Waals surface area (Å²) in [6, 6.07) is 11.6. The number of carbonyl (C=O) groups is 1. The van der Waals surface area contributed by atoms with Crippen molar-refractivity contribution in [3.8, 4) is 11.5 Å². The first-order valence-electron chi connectivity index (χ1n) is 10.3. The van der Waals surface area contributed by atoms with Crippen LogP contribution in [0.5, 0.6) is 11.5 Å². The quantitative estimate of drug-likeness (QED) is 0.262. The molecule has 0 fully saturated rings. The molecule has 0 saturated carbocycles. The van der Waals surface area contributed by atoms with E-state index < -0.39 is 0 Å². The maximum atomic E-state index is 13.2. The maximum absolute atomic E-state index is 13.2. The van der Waals surface area contributed by atoms with E-state index in [1.165, 1.54) is 11.3 Å². The molecule has 0 aliphatic rings. The van der Waals surface area contributed by atoms with E-state index in [0.717, 1.165) is 34.1 Å². The van der Waals surface area contributed by atoms with Crippen LogP contribution in [0.4, 0.5) is 5.13 Å². The second kappa shape index (κ2) is 11.7. The van der Waals surface area contributed by atoms with Crippen LogP contribution in [0.1, 0.15) is 12.8 Å². The number of hydrogen-bond acceptors (Lipinski definition) is 7.